The average Bonchev–Trinajstić information content (AvgIpc) is 2.32. The van der Waals surface area contributed by atoms with Gasteiger partial charge in [-0.1, -0.05) is 23.2 Å². The summed E-state index contributed by atoms with van der Waals surface area (Å²) in [5.74, 6) is -0.185. The van der Waals surface area contributed by atoms with Gasteiger partial charge in [-0.3, -0.25) is 9.69 Å². The number of likely N-dealkylation sites (N-methyl/N-ethyl adjacent to an activating group) is 1. The molecule has 100 valence electrons. The molecule has 0 heterocycles. The molecule has 1 atom stereocenters. The molecule has 0 aliphatic rings. The summed E-state index contributed by atoms with van der Waals surface area (Å²) >= 11 is 11.7. The number of hydrogen-bond donors (Lipinski definition) is 2. The summed E-state index contributed by atoms with van der Waals surface area (Å²) in [6.45, 7) is 2.20. The zero-order valence-corrected chi connectivity index (χ0v) is 11.8. The van der Waals surface area contributed by atoms with Crippen LogP contribution in [0.25, 0.3) is 0 Å². The van der Waals surface area contributed by atoms with Crippen molar-refractivity contribution in [2.75, 3.05) is 25.5 Å². The van der Waals surface area contributed by atoms with Crippen molar-refractivity contribution < 1.29 is 9.90 Å². The maximum atomic E-state index is 11.9. The fourth-order valence-corrected chi connectivity index (χ4v) is 1.84. The van der Waals surface area contributed by atoms with Crippen molar-refractivity contribution in [3.05, 3.63) is 28.2 Å². The lowest BCUT2D eigenvalue weighted by Crippen LogP contribution is -2.40. The van der Waals surface area contributed by atoms with E-state index in [-0.39, 0.29) is 18.6 Å². The highest BCUT2D eigenvalue weighted by Gasteiger charge is 2.18. The van der Waals surface area contributed by atoms with E-state index in [4.69, 9.17) is 28.3 Å². The second-order valence-electron chi connectivity index (χ2n) is 3.99. The molecule has 0 aromatic heterocycles. The van der Waals surface area contributed by atoms with E-state index in [9.17, 15) is 4.79 Å². The van der Waals surface area contributed by atoms with E-state index in [0.717, 1.165) is 0 Å². The molecule has 4 nitrogen and oxygen atoms in total. The third kappa shape index (κ3) is 4.14. The van der Waals surface area contributed by atoms with E-state index in [2.05, 4.69) is 5.32 Å². The van der Waals surface area contributed by atoms with Gasteiger partial charge in [0, 0.05) is 11.6 Å². The minimum atomic E-state index is -0.358. The number of nitrogens with zero attached hydrogens (tertiary/aromatic N) is 1. The Morgan fingerprint density at radius 2 is 2.17 bits per heavy atom. The Balaban J connectivity index is 2.69. The molecule has 1 aromatic rings. The largest absolute Gasteiger partial charge is 0.395 e. The van der Waals surface area contributed by atoms with Crippen molar-refractivity contribution in [3.63, 3.8) is 0 Å². The van der Waals surface area contributed by atoms with E-state index in [1.165, 1.54) is 0 Å². The molecular formula is C12H16Cl2N2O2. The second kappa shape index (κ2) is 6.95. The van der Waals surface area contributed by atoms with Crippen LogP contribution in [0, 0.1) is 0 Å². The van der Waals surface area contributed by atoms with Gasteiger partial charge in [0.1, 0.15) is 0 Å². The van der Waals surface area contributed by atoms with Crippen LogP contribution in [-0.4, -0.2) is 42.2 Å². The molecule has 0 bridgehead atoms. The number of carbonyl (C=O) groups is 1. The van der Waals surface area contributed by atoms with Crippen LogP contribution >= 0.6 is 23.2 Å². The third-order valence-corrected chi connectivity index (χ3v) is 3.23. The first-order valence-electron chi connectivity index (χ1n) is 5.52. The molecule has 0 saturated heterocycles. The molecule has 0 spiro atoms. The summed E-state index contributed by atoms with van der Waals surface area (Å²) in [7, 11) is 1.77. The summed E-state index contributed by atoms with van der Waals surface area (Å²) in [6, 6.07) is 4.52. The quantitative estimate of drug-likeness (QED) is 0.875. The van der Waals surface area contributed by atoms with Crippen molar-refractivity contribution >= 4 is 34.8 Å². The van der Waals surface area contributed by atoms with Gasteiger partial charge in [-0.25, -0.2) is 0 Å². The molecule has 1 amide bonds. The van der Waals surface area contributed by atoms with Crippen LogP contribution in [0.5, 0.6) is 0 Å². The maximum absolute atomic E-state index is 11.9. The predicted octanol–water partition coefficient (Wildman–Crippen LogP) is 2.24. The number of aliphatic hydroxyl groups excluding tert-OH is 1. The highest BCUT2D eigenvalue weighted by Crippen LogP contribution is 2.25. The SMILES string of the molecule is CC(C(=O)Nc1ccc(Cl)cc1Cl)N(C)CCO. The van der Waals surface area contributed by atoms with E-state index < -0.39 is 0 Å². The maximum Gasteiger partial charge on any atom is 0.241 e. The van der Waals surface area contributed by atoms with Gasteiger partial charge in [0.15, 0.2) is 0 Å². The predicted molar refractivity (Wildman–Crippen MR) is 74.3 cm³/mol. The lowest BCUT2D eigenvalue weighted by atomic mass is 10.2. The first-order valence-corrected chi connectivity index (χ1v) is 6.28. The van der Waals surface area contributed by atoms with Gasteiger partial charge >= 0.3 is 0 Å². The van der Waals surface area contributed by atoms with Crippen LogP contribution in [0.15, 0.2) is 18.2 Å². The number of benzene rings is 1. The third-order valence-electron chi connectivity index (χ3n) is 2.68. The van der Waals surface area contributed by atoms with Crippen LogP contribution in [0.2, 0.25) is 10.0 Å². The Kier molecular flexibility index (Phi) is 5.88. The number of amides is 1. The molecule has 0 saturated carbocycles. The Morgan fingerprint density at radius 1 is 1.50 bits per heavy atom. The van der Waals surface area contributed by atoms with Gasteiger partial charge in [0.25, 0.3) is 0 Å². The number of halogens is 2. The van der Waals surface area contributed by atoms with Crippen molar-refractivity contribution in [1.29, 1.82) is 0 Å². The minimum absolute atomic E-state index is 0.00974. The summed E-state index contributed by atoms with van der Waals surface area (Å²) in [5.41, 5.74) is 0.523. The smallest absolute Gasteiger partial charge is 0.241 e. The summed E-state index contributed by atoms with van der Waals surface area (Å²) in [6.07, 6.45) is 0. The molecule has 0 aliphatic heterocycles. The number of carbonyl (C=O) groups excluding carboxylic acids is 1. The van der Waals surface area contributed by atoms with Gasteiger partial charge in [-0.15, -0.1) is 0 Å². The summed E-state index contributed by atoms with van der Waals surface area (Å²) in [5, 5.41) is 12.5. The molecule has 0 aliphatic carbocycles. The van der Waals surface area contributed by atoms with Gasteiger partial charge < -0.3 is 10.4 Å². The fraction of sp³-hybridized carbons (Fsp3) is 0.417. The van der Waals surface area contributed by atoms with Gasteiger partial charge in [0.05, 0.1) is 23.4 Å². The van der Waals surface area contributed by atoms with E-state index in [0.29, 0.717) is 22.3 Å². The standard InChI is InChI=1S/C12H16Cl2N2O2/c1-8(16(2)5-6-17)12(18)15-11-4-3-9(13)7-10(11)14/h3-4,7-8,17H,5-6H2,1-2H3,(H,15,18). The van der Waals surface area contributed by atoms with Crippen molar-refractivity contribution in [2.24, 2.45) is 0 Å². The normalized spacial score (nSPS) is 12.6. The van der Waals surface area contributed by atoms with Gasteiger partial charge in [-0.2, -0.15) is 0 Å². The molecule has 0 radical (unpaired) electrons. The van der Waals surface area contributed by atoms with E-state index in [1.807, 2.05) is 0 Å². The Labute approximate surface area is 116 Å². The number of nitrogens with one attached hydrogen (secondary N) is 1. The Bertz CT molecular complexity index is 427. The van der Waals surface area contributed by atoms with Crippen LogP contribution < -0.4 is 5.32 Å². The first-order chi connectivity index (χ1) is 8.45. The number of hydrogen-bond acceptors (Lipinski definition) is 3. The molecule has 6 heteroatoms. The minimum Gasteiger partial charge on any atom is -0.395 e. The molecule has 1 aromatic carbocycles. The topological polar surface area (TPSA) is 52.6 Å². The zero-order valence-electron chi connectivity index (χ0n) is 10.3. The lowest BCUT2D eigenvalue weighted by molar-refractivity contribution is -0.120. The highest BCUT2D eigenvalue weighted by molar-refractivity contribution is 6.36. The molecular weight excluding hydrogens is 275 g/mol. The zero-order chi connectivity index (χ0) is 13.7. The highest BCUT2D eigenvalue weighted by atomic mass is 35.5. The van der Waals surface area contributed by atoms with Gasteiger partial charge in [-0.05, 0) is 32.2 Å². The average molecular weight is 291 g/mol. The fourth-order valence-electron chi connectivity index (χ4n) is 1.38. The monoisotopic (exact) mass is 290 g/mol. The van der Waals surface area contributed by atoms with Crippen LogP contribution in [0.3, 0.4) is 0 Å². The van der Waals surface area contributed by atoms with Crippen LogP contribution in [0.1, 0.15) is 6.92 Å². The van der Waals surface area contributed by atoms with E-state index in [1.54, 1.807) is 37.1 Å². The number of aliphatic hydroxyl groups is 1. The number of rotatable bonds is 5. The van der Waals surface area contributed by atoms with Gasteiger partial charge in [0.2, 0.25) is 5.91 Å². The molecule has 18 heavy (non-hydrogen) atoms. The Hall–Kier alpha value is -0.810. The lowest BCUT2D eigenvalue weighted by Gasteiger charge is -2.23. The molecule has 1 rings (SSSR count). The molecule has 1 unspecified atom stereocenters. The van der Waals surface area contributed by atoms with Crippen LogP contribution in [0.4, 0.5) is 5.69 Å². The number of anilines is 1. The molecule has 0 fully saturated rings. The van der Waals surface area contributed by atoms with Crippen LogP contribution in [-0.2, 0) is 4.79 Å². The van der Waals surface area contributed by atoms with Crippen molar-refractivity contribution in [2.45, 2.75) is 13.0 Å². The Morgan fingerprint density at radius 3 is 2.72 bits per heavy atom. The van der Waals surface area contributed by atoms with E-state index >= 15 is 0 Å². The van der Waals surface area contributed by atoms with Crippen molar-refractivity contribution in [1.82, 2.24) is 4.90 Å². The summed E-state index contributed by atoms with van der Waals surface area (Å²) in [4.78, 5) is 13.7. The molecule has 2 N–H and O–H groups in total. The second-order valence-corrected chi connectivity index (χ2v) is 4.84. The summed E-state index contributed by atoms with van der Waals surface area (Å²) < 4.78 is 0. The van der Waals surface area contributed by atoms with Crippen molar-refractivity contribution in [3.8, 4) is 0 Å². The first kappa shape index (κ1) is 15.2.